The predicted octanol–water partition coefficient (Wildman–Crippen LogP) is 2.30. The number of benzene rings is 1. The minimum atomic E-state index is -4.38. The van der Waals surface area contributed by atoms with Gasteiger partial charge in [-0.2, -0.15) is 13.2 Å². The fourth-order valence-electron chi connectivity index (χ4n) is 1.09. The number of carbonyl (C=O) groups is 1. The smallest absolute Gasteiger partial charge is 0.416 e. The fraction of sp³-hybridized carbons (Fsp3) is 0.273. The largest absolute Gasteiger partial charge is 0.468 e. The van der Waals surface area contributed by atoms with E-state index in [2.05, 4.69) is 9.73 Å². The van der Waals surface area contributed by atoms with Gasteiger partial charge in [0.1, 0.15) is 6.54 Å². The van der Waals surface area contributed by atoms with E-state index in [1.54, 1.807) is 0 Å². The lowest BCUT2D eigenvalue weighted by Crippen LogP contribution is -2.06. The molecule has 1 rings (SSSR count). The van der Waals surface area contributed by atoms with Gasteiger partial charge in [0.05, 0.1) is 12.7 Å². The van der Waals surface area contributed by atoms with Crippen LogP contribution >= 0.6 is 0 Å². The van der Waals surface area contributed by atoms with Gasteiger partial charge in [-0.05, 0) is 17.7 Å². The zero-order valence-corrected chi connectivity index (χ0v) is 8.99. The van der Waals surface area contributed by atoms with Crippen molar-refractivity contribution in [2.75, 3.05) is 13.7 Å². The molecule has 92 valence electrons. The van der Waals surface area contributed by atoms with Gasteiger partial charge in [-0.15, -0.1) is 0 Å². The monoisotopic (exact) mass is 245 g/mol. The molecule has 0 atom stereocenters. The number of aliphatic imine (C=N–C) groups is 1. The number of hydrogen-bond donors (Lipinski definition) is 0. The van der Waals surface area contributed by atoms with Gasteiger partial charge in [-0.3, -0.25) is 9.79 Å². The normalized spacial score (nSPS) is 11.8. The summed E-state index contributed by atoms with van der Waals surface area (Å²) in [5, 5.41) is 0. The van der Waals surface area contributed by atoms with Crippen LogP contribution in [0.25, 0.3) is 0 Å². The molecular weight excluding hydrogens is 235 g/mol. The van der Waals surface area contributed by atoms with Crippen molar-refractivity contribution in [2.45, 2.75) is 6.18 Å². The Bertz CT molecular complexity index is 427. The van der Waals surface area contributed by atoms with Crippen LogP contribution < -0.4 is 0 Å². The number of ether oxygens (including phenoxy) is 1. The first-order chi connectivity index (χ1) is 7.93. The third-order valence-corrected chi connectivity index (χ3v) is 1.90. The van der Waals surface area contributed by atoms with Crippen molar-refractivity contribution in [3.05, 3.63) is 35.4 Å². The van der Waals surface area contributed by atoms with E-state index >= 15 is 0 Å². The number of esters is 1. The highest BCUT2D eigenvalue weighted by atomic mass is 19.4. The third-order valence-electron chi connectivity index (χ3n) is 1.90. The Kier molecular flexibility index (Phi) is 4.25. The Morgan fingerprint density at radius 1 is 1.47 bits per heavy atom. The van der Waals surface area contributed by atoms with E-state index in [0.717, 1.165) is 12.1 Å². The maximum Gasteiger partial charge on any atom is 0.416 e. The van der Waals surface area contributed by atoms with E-state index in [1.807, 2.05) is 0 Å². The lowest BCUT2D eigenvalue weighted by Gasteiger charge is -2.06. The highest BCUT2D eigenvalue weighted by Crippen LogP contribution is 2.29. The highest BCUT2D eigenvalue weighted by molar-refractivity contribution is 5.82. The number of hydrogen-bond acceptors (Lipinski definition) is 3. The van der Waals surface area contributed by atoms with Crippen LogP contribution in [0.2, 0.25) is 0 Å². The molecule has 0 saturated carbocycles. The molecule has 1 aromatic carbocycles. The van der Waals surface area contributed by atoms with Gasteiger partial charge < -0.3 is 4.74 Å². The van der Waals surface area contributed by atoms with E-state index < -0.39 is 17.7 Å². The van der Waals surface area contributed by atoms with E-state index in [9.17, 15) is 18.0 Å². The Hall–Kier alpha value is -1.85. The maximum absolute atomic E-state index is 12.4. The number of alkyl halides is 3. The summed E-state index contributed by atoms with van der Waals surface area (Å²) in [5.74, 6) is -0.548. The Balaban J connectivity index is 2.76. The molecule has 0 bridgehead atoms. The van der Waals surface area contributed by atoms with E-state index in [0.29, 0.717) is 0 Å². The number of methoxy groups -OCH3 is 1. The molecule has 17 heavy (non-hydrogen) atoms. The molecule has 0 aliphatic carbocycles. The van der Waals surface area contributed by atoms with Crippen LogP contribution in [0, 0.1) is 0 Å². The topological polar surface area (TPSA) is 38.7 Å². The standard InChI is InChI=1S/C11H10F3NO2/c1-17-10(16)7-15-6-8-3-2-4-9(5-8)11(12,13)14/h2-6H,7H2,1H3. The SMILES string of the molecule is COC(=O)CN=Cc1cccc(C(F)(F)F)c1. The minimum Gasteiger partial charge on any atom is -0.468 e. The molecule has 0 aliphatic rings. The first-order valence-electron chi connectivity index (χ1n) is 4.67. The maximum atomic E-state index is 12.4. The molecule has 0 aromatic heterocycles. The molecule has 0 fully saturated rings. The zero-order valence-electron chi connectivity index (χ0n) is 8.99. The van der Waals surface area contributed by atoms with Crippen molar-refractivity contribution >= 4 is 12.2 Å². The number of rotatable bonds is 3. The van der Waals surface area contributed by atoms with Crippen molar-refractivity contribution in [2.24, 2.45) is 4.99 Å². The van der Waals surface area contributed by atoms with Gasteiger partial charge in [0.2, 0.25) is 0 Å². The molecule has 0 heterocycles. The lowest BCUT2D eigenvalue weighted by atomic mass is 10.1. The summed E-state index contributed by atoms with van der Waals surface area (Å²) in [4.78, 5) is 14.4. The van der Waals surface area contributed by atoms with Crippen LogP contribution in [0.5, 0.6) is 0 Å². The van der Waals surface area contributed by atoms with Crippen LogP contribution in [-0.2, 0) is 15.7 Å². The second kappa shape index (κ2) is 5.47. The summed E-state index contributed by atoms with van der Waals surface area (Å²) >= 11 is 0. The van der Waals surface area contributed by atoms with Crippen LogP contribution in [0.1, 0.15) is 11.1 Å². The van der Waals surface area contributed by atoms with Crippen LogP contribution in [-0.4, -0.2) is 25.8 Å². The predicted molar refractivity (Wildman–Crippen MR) is 55.9 cm³/mol. The summed E-state index contributed by atoms with van der Waals surface area (Å²) in [6.07, 6.45) is -3.18. The molecule has 0 aliphatic heterocycles. The van der Waals surface area contributed by atoms with Crippen molar-refractivity contribution < 1.29 is 22.7 Å². The molecule has 1 aromatic rings. The summed E-state index contributed by atoms with van der Waals surface area (Å²) in [7, 11) is 1.21. The molecular formula is C11H10F3NO2. The zero-order chi connectivity index (χ0) is 12.9. The van der Waals surface area contributed by atoms with Crippen molar-refractivity contribution in [3.8, 4) is 0 Å². The lowest BCUT2D eigenvalue weighted by molar-refractivity contribution is -0.139. The highest BCUT2D eigenvalue weighted by Gasteiger charge is 2.30. The van der Waals surface area contributed by atoms with Gasteiger partial charge in [0.15, 0.2) is 0 Å². The van der Waals surface area contributed by atoms with E-state index in [4.69, 9.17) is 0 Å². The van der Waals surface area contributed by atoms with Gasteiger partial charge in [-0.1, -0.05) is 12.1 Å². The third kappa shape index (κ3) is 4.26. The summed E-state index contributed by atoms with van der Waals surface area (Å²) in [5.41, 5.74) is -0.469. The molecule has 6 heteroatoms. The van der Waals surface area contributed by atoms with E-state index in [-0.39, 0.29) is 12.1 Å². The van der Waals surface area contributed by atoms with Crippen molar-refractivity contribution in [3.63, 3.8) is 0 Å². The van der Waals surface area contributed by atoms with Gasteiger partial charge in [0, 0.05) is 6.21 Å². The minimum absolute atomic E-state index is 0.216. The summed E-state index contributed by atoms with van der Waals surface area (Å²) < 4.78 is 41.4. The average Bonchev–Trinajstić information content (AvgIpc) is 2.28. The molecule has 0 saturated heterocycles. The van der Waals surface area contributed by atoms with Crippen molar-refractivity contribution in [1.82, 2.24) is 0 Å². The summed E-state index contributed by atoms with van der Waals surface area (Å²) in [6, 6.07) is 4.68. The second-order valence-electron chi connectivity index (χ2n) is 3.17. The number of halogens is 3. The molecule has 0 amide bonds. The Morgan fingerprint density at radius 3 is 2.76 bits per heavy atom. The number of nitrogens with zero attached hydrogens (tertiary/aromatic N) is 1. The average molecular weight is 245 g/mol. The molecule has 0 unspecified atom stereocenters. The number of carbonyl (C=O) groups excluding carboxylic acids is 1. The molecule has 0 N–H and O–H groups in total. The quantitative estimate of drug-likeness (QED) is 0.605. The van der Waals surface area contributed by atoms with Crippen LogP contribution in [0.15, 0.2) is 29.3 Å². The van der Waals surface area contributed by atoms with Crippen molar-refractivity contribution in [1.29, 1.82) is 0 Å². The van der Waals surface area contributed by atoms with Gasteiger partial charge >= 0.3 is 12.1 Å². The first kappa shape index (κ1) is 13.2. The fourth-order valence-corrected chi connectivity index (χ4v) is 1.09. The van der Waals surface area contributed by atoms with Crippen LogP contribution in [0.4, 0.5) is 13.2 Å². The van der Waals surface area contributed by atoms with Gasteiger partial charge in [-0.25, -0.2) is 0 Å². The van der Waals surface area contributed by atoms with Crippen LogP contribution in [0.3, 0.4) is 0 Å². The molecule has 0 spiro atoms. The second-order valence-corrected chi connectivity index (χ2v) is 3.17. The van der Waals surface area contributed by atoms with E-state index in [1.165, 1.54) is 25.5 Å². The summed E-state index contributed by atoms with van der Waals surface area (Å²) in [6.45, 7) is -0.216. The Labute approximate surface area is 95.9 Å². The molecule has 0 radical (unpaired) electrons. The molecule has 3 nitrogen and oxygen atoms in total. The van der Waals surface area contributed by atoms with Gasteiger partial charge in [0.25, 0.3) is 0 Å². The Morgan fingerprint density at radius 2 is 2.18 bits per heavy atom. The first-order valence-corrected chi connectivity index (χ1v) is 4.67.